The Bertz CT molecular complexity index is 1080. The SMILES string of the molecule is Cn1ccnc1SCc1ccc(C(=O)NCCc2cnn(-c3ccccc3)c2)o1. The summed E-state index contributed by atoms with van der Waals surface area (Å²) in [4.78, 5) is 16.6. The summed E-state index contributed by atoms with van der Waals surface area (Å²) in [5.74, 6) is 1.47. The average Bonchev–Trinajstić information content (AvgIpc) is 3.48. The number of benzene rings is 1. The minimum Gasteiger partial charge on any atom is -0.455 e. The van der Waals surface area contributed by atoms with Crippen molar-refractivity contribution in [3.05, 3.63) is 84.3 Å². The molecule has 7 nitrogen and oxygen atoms in total. The third-order valence-electron chi connectivity index (χ3n) is 4.36. The van der Waals surface area contributed by atoms with Gasteiger partial charge in [0.1, 0.15) is 5.76 Å². The molecule has 0 unspecified atom stereocenters. The molecule has 0 saturated heterocycles. The Labute approximate surface area is 172 Å². The van der Waals surface area contributed by atoms with Crippen LogP contribution in [0.5, 0.6) is 0 Å². The zero-order valence-corrected chi connectivity index (χ0v) is 16.8. The topological polar surface area (TPSA) is 77.9 Å². The zero-order valence-electron chi connectivity index (χ0n) is 16.0. The second-order valence-electron chi connectivity index (χ2n) is 6.51. The molecule has 1 amide bonds. The molecule has 0 atom stereocenters. The first-order valence-corrected chi connectivity index (χ1v) is 10.2. The van der Waals surface area contributed by atoms with Crippen molar-refractivity contribution in [1.29, 1.82) is 0 Å². The molecular formula is C21H21N5O2S. The molecule has 0 radical (unpaired) electrons. The Morgan fingerprint density at radius 2 is 2.07 bits per heavy atom. The predicted octanol–water partition coefficient (Wildman–Crippen LogP) is 3.46. The van der Waals surface area contributed by atoms with Gasteiger partial charge in [-0.15, -0.1) is 0 Å². The monoisotopic (exact) mass is 407 g/mol. The highest BCUT2D eigenvalue weighted by Gasteiger charge is 2.12. The number of aromatic nitrogens is 4. The normalized spacial score (nSPS) is 10.9. The summed E-state index contributed by atoms with van der Waals surface area (Å²) in [5.41, 5.74) is 2.06. The second kappa shape index (κ2) is 8.83. The molecule has 29 heavy (non-hydrogen) atoms. The first-order chi connectivity index (χ1) is 14.2. The van der Waals surface area contributed by atoms with Crippen LogP contribution < -0.4 is 5.32 Å². The quantitative estimate of drug-likeness (QED) is 0.453. The number of rotatable bonds is 8. The summed E-state index contributed by atoms with van der Waals surface area (Å²) in [6.07, 6.45) is 8.14. The van der Waals surface area contributed by atoms with E-state index < -0.39 is 0 Å². The van der Waals surface area contributed by atoms with Crippen LogP contribution in [0.4, 0.5) is 0 Å². The van der Waals surface area contributed by atoms with Gasteiger partial charge < -0.3 is 14.3 Å². The van der Waals surface area contributed by atoms with Crippen LogP contribution in [-0.2, 0) is 19.2 Å². The van der Waals surface area contributed by atoms with E-state index in [4.69, 9.17) is 4.42 Å². The van der Waals surface area contributed by atoms with Crippen molar-refractivity contribution in [2.45, 2.75) is 17.3 Å². The van der Waals surface area contributed by atoms with E-state index in [1.165, 1.54) is 0 Å². The lowest BCUT2D eigenvalue weighted by atomic mass is 10.2. The van der Waals surface area contributed by atoms with Crippen molar-refractivity contribution in [1.82, 2.24) is 24.6 Å². The summed E-state index contributed by atoms with van der Waals surface area (Å²) in [6, 6.07) is 13.5. The summed E-state index contributed by atoms with van der Waals surface area (Å²) >= 11 is 1.56. The molecule has 148 valence electrons. The van der Waals surface area contributed by atoms with Crippen LogP contribution in [0, 0.1) is 0 Å². The van der Waals surface area contributed by atoms with Crippen LogP contribution in [0.25, 0.3) is 5.69 Å². The number of furan rings is 1. The molecule has 3 heterocycles. The summed E-state index contributed by atoms with van der Waals surface area (Å²) in [5, 5.41) is 8.17. The fourth-order valence-corrected chi connectivity index (χ4v) is 3.65. The van der Waals surface area contributed by atoms with E-state index >= 15 is 0 Å². The van der Waals surface area contributed by atoms with Crippen LogP contribution in [0.2, 0.25) is 0 Å². The Morgan fingerprint density at radius 3 is 2.86 bits per heavy atom. The molecule has 0 bridgehead atoms. The molecule has 4 rings (SSSR count). The number of carbonyl (C=O) groups is 1. The van der Waals surface area contributed by atoms with E-state index in [0.717, 1.165) is 22.2 Å². The number of hydrogen-bond acceptors (Lipinski definition) is 5. The van der Waals surface area contributed by atoms with E-state index in [-0.39, 0.29) is 5.91 Å². The molecule has 0 aliphatic carbocycles. The van der Waals surface area contributed by atoms with Crippen molar-refractivity contribution < 1.29 is 9.21 Å². The highest BCUT2D eigenvalue weighted by atomic mass is 32.2. The van der Waals surface area contributed by atoms with Gasteiger partial charge in [0, 0.05) is 32.2 Å². The lowest BCUT2D eigenvalue weighted by Gasteiger charge is -2.02. The molecule has 0 fully saturated rings. The zero-order chi connectivity index (χ0) is 20.1. The number of para-hydroxylation sites is 1. The maximum absolute atomic E-state index is 12.3. The average molecular weight is 407 g/mol. The van der Waals surface area contributed by atoms with E-state index in [1.807, 2.05) is 71.3 Å². The molecule has 1 N–H and O–H groups in total. The maximum Gasteiger partial charge on any atom is 0.287 e. The van der Waals surface area contributed by atoms with Crippen molar-refractivity contribution in [2.75, 3.05) is 6.54 Å². The molecule has 3 aromatic heterocycles. The number of aryl methyl sites for hydroxylation is 1. The van der Waals surface area contributed by atoms with E-state index in [9.17, 15) is 4.79 Å². The highest BCUT2D eigenvalue weighted by Crippen LogP contribution is 2.21. The Morgan fingerprint density at radius 1 is 1.21 bits per heavy atom. The van der Waals surface area contributed by atoms with Gasteiger partial charge in [-0.2, -0.15) is 5.10 Å². The van der Waals surface area contributed by atoms with Crippen molar-refractivity contribution in [3.8, 4) is 5.69 Å². The molecule has 4 aromatic rings. The smallest absolute Gasteiger partial charge is 0.287 e. The second-order valence-corrected chi connectivity index (χ2v) is 7.45. The third-order valence-corrected chi connectivity index (χ3v) is 5.44. The first kappa shape index (κ1) is 19.1. The summed E-state index contributed by atoms with van der Waals surface area (Å²) in [7, 11) is 1.94. The molecule has 0 aliphatic rings. The number of thioether (sulfide) groups is 1. The number of nitrogens with zero attached hydrogens (tertiary/aromatic N) is 4. The third kappa shape index (κ3) is 4.78. The highest BCUT2D eigenvalue weighted by molar-refractivity contribution is 7.98. The van der Waals surface area contributed by atoms with Gasteiger partial charge in [0.05, 0.1) is 17.6 Å². The van der Waals surface area contributed by atoms with E-state index in [0.29, 0.717) is 24.5 Å². The molecule has 8 heteroatoms. The van der Waals surface area contributed by atoms with Gasteiger partial charge in [-0.25, -0.2) is 9.67 Å². The summed E-state index contributed by atoms with van der Waals surface area (Å²) in [6.45, 7) is 0.511. The van der Waals surface area contributed by atoms with Crippen LogP contribution in [0.1, 0.15) is 21.9 Å². The van der Waals surface area contributed by atoms with Crippen molar-refractivity contribution in [2.24, 2.45) is 7.05 Å². The largest absolute Gasteiger partial charge is 0.455 e. The van der Waals surface area contributed by atoms with Crippen LogP contribution in [-0.4, -0.2) is 31.8 Å². The van der Waals surface area contributed by atoms with Gasteiger partial charge in [-0.1, -0.05) is 30.0 Å². The number of imidazole rings is 1. The number of hydrogen-bond donors (Lipinski definition) is 1. The number of carbonyl (C=O) groups excluding carboxylic acids is 1. The minimum atomic E-state index is -0.214. The van der Waals surface area contributed by atoms with E-state index in [1.54, 1.807) is 24.0 Å². The predicted molar refractivity (Wildman–Crippen MR) is 111 cm³/mol. The minimum absolute atomic E-state index is 0.214. The Balaban J connectivity index is 1.25. The van der Waals surface area contributed by atoms with Crippen LogP contribution >= 0.6 is 11.8 Å². The van der Waals surface area contributed by atoms with Gasteiger partial charge in [-0.05, 0) is 36.2 Å². The fraction of sp³-hybridized carbons (Fsp3) is 0.190. The van der Waals surface area contributed by atoms with Crippen LogP contribution in [0.15, 0.2) is 76.8 Å². The van der Waals surface area contributed by atoms with Crippen molar-refractivity contribution >= 4 is 17.7 Å². The van der Waals surface area contributed by atoms with Gasteiger partial charge in [0.15, 0.2) is 10.9 Å². The Hall–Kier alpha value is -3.26. The first-order valence-electron chi connectivity index (χ1n) is 9.25. The fourth-order valence-electron chi connectivity index (χ4n) is 2.82. The standard InChI is InChI=1S/C21H21N5O2S/c1-25-12-11-23-21(25)29-15-18-7-8-19(28-18)20(27)22-10-9-16-13-24-26(14-16)17-5-3-2-4-6-17/h2-8,11-14H,9-10,15H2,1H3,(H,22,27). The van der Waals surface area contributed by atoms with Gasteiger partial charge in [0.2, 0.25) is 0 Å². The number of amides is 1. The Kier molecular flexibility index (Phi) is 5.81. The summed E-state index contributed by atoms with van der Waals surface area (Å²) < 4.78 is 9.44. The van der Waals surface area contributed by atoms with Crippen molar-refractivity contribution in [3.63, 3.8) is 0 Å². The molecular weight excluding hydrogens is 386 g/mol. The molecule has 1 aromatic carbocycles. The maximum atomic E-state index is 12.3. The lowest BCUT2D eigenvalue weighted by Crippen LogP contribution is -2.25. The number of nitrogens with one attached hydrogen (secondary N) is 1. The lowest BCUT2D eigenvalue weighted by molar-refractivity contribution is 0.0925. The molecule has 0 saturated carbocycles. The van der Waals surface area contributed by atoms with Gasteiger partial charge in [0.25, 0.3) is 5.91 Å². The molecule has 0 spiro atoms. The van der Waals surface area contributed by atoms with Gasteiger partial charge in [-0.3, -0.25) is 4.79 Å². The van der Waals surface area contributed by atoms with Gasteiger partial charge >= 0.3 is 0 Å². The molecule has 0 aliphatic heterocycles. The van der Waals surface area contributed by atoms with Crippen LogP contribution in [0.3, 0.4) is 0 Å². The van der Waals surface area contributed by atoms with E-state index in [2.05, 4.69) is 15.4 Å².